The summed E-state index contributed by atoms with van der Waals surface area (Å²) in [4.78, 5) is 11.5. The smallest absolute Gasteiger partial charge is 0.265 e. The highest BCUT2D eigenvalue weighted by Gasteiger charge is 2.07. The second-order valence-corrected chi connectivity index (χ2v) is 3.15. The molecule has 13 heavy (non-hydrogen) atoms. The fourth-order valence-electron chi connectivity index (χ4n) is 1.09. The van der Waals surface area contributed by atoms with Gasteiger partial charge in [-0.2, -0.15) is 0 Å². The molecule has 0 aromatic heterocycles. The number of hydrogen-bond donors (Lipinski definition) is 1. The van der Waals surface area contributed by atoms with E-state index in [4.69, 9.17) is 0 Å². The Morgan fingerprint density at radius 2 is 1.92 bits per heavy atom. The highest BCUT2D eigenvalue weighted by molar-refractivity contribution is 5.95. The van der Waals surface area contributed by atoms with E-state index in [0.29, 0.717) is 0 Å². The van der Waals surface area contributed by atoms with Crippen molar-refractivity contribution in [2.24, 2.45) is 0 Å². The number of aryl methyl sites for hydroxylation is 1. The lowest BCUT2D eigenvalue weighted by Gasteiger charge is -2.12. The van der Waals surface area contributed by atoms with Crippen LogP contribution in [-0.2, 0) is 0 Å². The summed E-state index contributed by atoms with van der Waals surface area (Å²) in [5, 5.41) is 1.63. The van der Waals surface area contributed by atoms with Gasteiger partial charge < -0.3 is 0 Å². The Kier molecular flexibility index (Phi) is 3.03. The highest BCUT2D eigenvalue weighted by atomic mass is 16.2. The standard InChI is InChI=1S/C10H14N2O/c1-8-6-4-5-7-9(8)10(13)11-12(2)3/h4-7H,1-3H3,(H,11,13). The number of nitrogens with one attached hydrogen (secondary N) is 1. The summed E-state index contributed by atoms with van der Waals surface area (Å²) >= 11 is 0. The summed E-state index contributed by atoms with van der Waals surface area (Å²) in [6, 6.07) is 7.51. The second-order valence-electron chi connectivity index (χ2n) is 3.15. The third-order valence-electron chi connectivity index (χ3n) is 1.71. The summed E-state index contributed by atoms with van der Waals surface area (Å²) in [5.41, 5.74) is 4.40. The summed E-state index contributed by atoms with van der Waals surface area (Å²) in [6.45, 7) is 1.92. The molecule has 3 heteroatoms. The van der Waals surface area contributed by atoms with Crippen LogP contribution in [0.2, 0.25) is 0 Å². The summed E-state index contributed by atoms with van der Waals surface area (Å²) in [5.74, 6) is -0.0666. The van der Waals surface area contributed by atoms with Crippen molar-refractivity contribution in [2.75, 3.05) is 14.1 Å². The summed E-state index contributed by atoms with van der Waals surface area (Å²) < 4.78 is 0. The number of amides is 1. The van der Waals surface area contributed by atoms with Crippen molar-refractivity contribution in [3.63, 3.8) is 0 Å². The first-order chi connectivity index (χ1) is 6.11. The lowest BCUT2D eigenvalue weighted by Crippen LogP contribution is -2.36. The molecule has 0 saturated heterocycles. The van der Waals surface area contributed by atoms with Gasteiger partial charge in [0.2, 0.25) is 0 Å². The molecule has 3 nitrogen and oxygen atoms in total. The van der Waals surface area contributed by atoms with Gasteiger partial charge in [-0.1, -0.05) is 18.2 Å². The van der Waals surface area contributed by atoms with Crippen LogP contribution in [0.15, 0.2) is 24.3 Å². The van der Waals surface area contributed by atoms with E-state index in [-0.39, 0.29) is 5.91 Å². The van der Waals surface area contributed by atoms with Gasteiger partial charge in [0.15, 0.2) is 0 Å². The molecule has 1 aromatic carbocycles. The summed E-state index contributed by atoms with van der Waals surface area (Å²) in [7, 11) is 3.58. The van der Waals surface area contributed by atoms with E-state index >= 15 is 0 Å². The van der Waals surface area contributed by atoms with Crippen LogP contribution in [0.3, 0.4) is 0 Å². The minimum absolute atomic E-state index is 0.0666. The molecule has 1 rings (SSSR count). The van der Waals surface area contributed by atoms with Crippen molar-refractivity contribution in [1.29, 1.82) is 0 Å². The summed E-state index contributed by atoms with van der Waals surface area (Å²) in [6.07, 6.45) is 0. The number of hydrazine groups is 1. The van der Waals surface area contributed by atoms with Gasteiger partial charge in [0.1, 0.15) is 0 Å². The van der Waals surface area contributed by atoms with Crippen molar-refractivity contribution >= 4 is 5.91 Å². The molecule has 0 aliphatic rings. The van der Waals surface area contributed by atoms with E-state index in [1.54, 1.807) is 19.1 Å². The predicted molar refractivity (Wildman–Crippen MR) is 52.3 cm³/mol. The predicted octanol–water partition coefficient (Wildman–Crippen LogP) is 1.20. The average molecular weight is 178 g/mol. The van der Waals surface area contributed by atoms with Gasteiger partial charge in [-0.05, 0) is 18.6 Å². The van der Waals surface area contributed by atoms with Gasteiger partial charge in [-0.15, -0.1) is 0 Å². The number of nitrogens with zero attached hydrogens (tertiary/aromatic N) is 1. The monoisotopic (exact) mass is 178 g/mol. The van der Waals surface area contributed by atoms with Crippen LogP contribution < -0.4 is 5.43 Å². The van der Waals surface area contributed by atoms with E-state index < -0.39 is 0 Å². The molecule has 0 atom stereocenters. The first-order valence-corrected chi connectivity index (χ1v) is 4.15. The number of carbonyl (C=O) groups is 1. The number of hydrogen-bond acceptors (Lipinski definition) is 2. The first kappa shape index (κ1) is 9.74. The van der Waals surface area contributed by atoms with Crippen LogP contribution in [0.25, 0.3) is 0 Å². The minimum Gasteiger partial charge on any atom is -0.285 e. The number of rotatable bonds is 2. The molecule has 1 N–H and O–H groups in total. The maximum Gasteiger partial charge on any atom is 0.265 e. The first-order valence-electron chi connectivity index (χ1n) is 4.15. The molecule has 0 aliphatic carbocycles. The minimum atomic E-state index is -0.0666. The molecule has 0 spiro atoms. The van der Waals surface area contributed by atoms with Crippen molar-refractivity contribution < 1.29 is 4.79 Å². The number of benzene rings is 1. The topological polar surface area (TPSA) is 32.3 Å². The molecule has 0 heterocycles. The van der Waals surface area contributed by atoms with Crippen molar-refractivity contribution in [3.05, 3.63) is 35.4 Å². The van der Waals surface area contributed by atoms with Crippen LogP contribution in [0.1, 0.15) is 15.9 Å². The molecule has 70 valence electrons. The van der Waals surface area contributed by atoms with Gasteiger partial charge in [0.25, 0.3) is 5.91 Å². The lowest BCUT2D eigenvalue weighted by molar-refractivity contribution is 0.0856. The third kappa shape index (κ3) is 2.56. The van der Waals surface area contributed by atoms with Gasteiger partial charge in [0, 0.05) is 19.7 Å². The molecule has 0 radical (unpaired) electrons. The second kappa shape index (κ2) is 4.05. The Balaban J connectivity index is 2.83. The molecule has 0 bridgehead atoms. The van der Waals surface area contributed by atoms with E-state index in [0.717, 1.165) is 11.1 Å². The fraction of sp³-hybridized carbons (Fsp3) is 0.300. The largest absolute Gasteiger partial charge is 0.285 e. The Labute approximate surface area is 78.3 Å². The zero-order valence-electron chi connectivity index (χ0n) is 8.16. The normalized spacial score (nSPS) is 10.2. The molecular weight excluding hydrogens is 164 g/mol. The third-order valence-corrected chi connectivity index (χ3v) is 1.71. The van der Waals surface area contributed by atoms with Gasteiger partial charge >= 0.3 is 0 Å². The highest BCUT2D eigenvalue weighted by Crippen LogP contribution is 2.06. The number of carbonyl (C=O) groups excluding carboxylic acids is 1. The van der Waals surface area contributed by atoms with E-state index in [9.17, 15) is 4.79 Å². The Bertz CT molecular complexity index is 308. The van der Waals surface area contributed by atoms with Gasteiger partial charge in [-0.25, -0.2) is 5.01 Å². The van der Waals surface area contributed by atoms with E-state index in [1.807, 2.05) is 31.2 Å². The van der Waals surface area contributed by atoms with E-state index in [2.05, 4.69) is 5.43 Å². The average Bonchev–Trinajstić information content (AvgIpc) is 2.03. The Morgan fingerprint density at radius 3 is 2.46 bits per heavy atom. The Morgan fingerprint density at radius 1 is 1.31 bits per heavy atom. The van der Waals surface area contributed by atoms with Crippen molar-refractivity contribution in [3.8, 4) is 0 Å². The fourth-order valence-corrected chi connectivity index (χ4v) is 1.09. The van der Waals surface area contributed by atoms with Gasteiger partial charge in [0.05, 0.1) is 0 Å². The van der Waals surface area contributed by atoms with Crippen LogP contribution in [0, 0.1) is 6.92 Å². The molecule has 1 aromatic rings. The van der Waals surface area contributed by atoms with E-state index in [1.165, 1.54) is 0 Å². The molecule has 1 amide bonds. The van der Waals surface area contributed by atoms with Gasteiger partial charge in [-0.3, -0.25) is 10.2 Å². The SMILES string of the molecule is Cc1ccccc1C(=O)NN(C)C. The maximum absolute atomic E-state index is 11.5. The molecule has 0 fully saturated rings. The molecule has 0 saturated carbocycles. The maximum atomic E-state index is 11.5. The van der Waals surface area contributed by atoms with Crippen LogP contribution >= 0.6 is 0 Å². The zero-order valence-corrected chi connectivity index (χ0v) is 8.16. The lowest BCUT2D eigenvalue weighted by atomic mass is 10.1. The molecule has 0 aliphatic heterocycles. The van der Waals surface area contributed by atoms with Crippen LogP contribution in [-0.4, -0.2) is 25.0 Å². The quantitative estimate of drug-likeness (QED) is 0.690. The van der Waals surface area contributed by atoms with Crippen LogP contribution in [0.5, 0.6) is 0 Å². The molecular formula is C10H14N2O. The van der Waals surface area contributed by atoms with Crippen LogP contribution in [0.4, 0.5) is 0 Å². The zero-order chi connectivity index (χ0) is 9.84. The Hall–Kier alpha value is -1.35. The molecule has 0 unspecified atom stereocenters. The van der Waals surface area contributed by atoms with Crippen molar-refractivity contribution in [1.82, 2.24) is 10.4 Å². The van der Waals surface area contributed by atoms with Crippen molar-refractivity contribution in [2.45, 2.75) is 6.92 Å².